The highest BCUT2D eigenvalue weighted by atomic mass is 79.9. The molecule has 18 heavy (non-hydrogen) atoms. The third-order valence-corrected chi connectivity index (χ3v) is 3.03. The molecule has 0 aliphatic heterocycles. The van der Waals surface area contributed by atoms with E-state index in [1.54, 1.807) is 0 Å². The standard InChI is InChI=1S/C10BrF7/c11-3-1-2(5(13)8(16)7(3)15)6(14)10(18)9(17)4(1)12. The molecule has 0 atom stereocenters. The Hall–Kier alpha value is -1.31. The molecular formula is C10BrF7. The molecule has 0 bridgehead atoms. The maximum Gasteiger partial charge on any atom is 0.198 e. The lowest BCUT2D eigenvalue weighted by molar-refractivity contribution is 0.409. The maximum atomic E-state index is 13.3. The van der Waals surface area contributed by atoms with Crippen LogP contribution in [0.5, 0.6) is 0 Å². The molecule has 96 valence electrons. The van der Waals surface area contributed by atoms with E-state index < -0.39 is 56.0 Å². The highest BCUT2D eigenvalue weighted by molar-refractivity contribution is 9.10. The Morgan fingerprint density at radius 2 is 0.778 bits per heavy atom. The largest absolute Gasteiger partial charge is 0.203 e. The summed E-state index contributed by atoms with van der Waals surface area (Å²) in [6.45, 7) is 0. The van der Waals surface area contributed by atoms with Crippen molar-refractivity contribution in [2.24, 2.45) is 0 Å². The summed E-state index contributed by atoms with van der Waals surface area (Å²) in [5, 5.41) is -2.75. The quantitative estimate of drug-likeness (QED) is 0.376. The van der Waals surface area contributed by atoms with E-state index in [4.69, 9.17) is 0 Å². The Morgan fingerprint density at radius 1 is 0.444 bits per heavy atom. The number of fused-ring (bicyclic) bond motifs is 1. The molecule has 0 saturated carbocycles. The summed E-state index contributed by atoms with van der Waals surface area (Å²) >= 11 is 2.33. The minimum absolute atomic E-state index is 1.04. The minimum Gasteiger partial charge on any atom is -0.203 e. The smallest absolute Gasteiger partial charge is 0.198 e. The summed E-state index contributed by atoms with van der Waals surface area (Å²) < 4.78 is 90.7. The zero-order valence-corrected chi connectivity index (χ0v) is 9.61. The van der Waals surface area contributed by atoms with Crippen LogP contribution in [0.2, 0.25) is 0 Å². The highest BCUT2D eigenvalue weighted by Crippen LogP contribution is 2.37. The molecule has 0 heterocycles. The van der Waals surface area contributed by atoms with Gasteiger partial charge in [-0.3, -0.25) is 0 Å². The van der Waals surface area contributed by atoms with Crippen molar-refractivity contribution in [3.8, 4) is 0 Å². The summed E-state index contributed by atoms with van der Waals surface area (Å²) in [6, 6.07) is 0. The van der Waals surface area contributed by atoms with Gasteiger partial charge in [0.15, 0.2) is 40.7 Å². The Morgan fingerprint density at radius 3 is 1.22 bits per heavy atom. The van der Waals surface area contributed by atoms with Crippen molar-refractivity contribution in [1.29, 1.82) is 0 Å². The molecule has 2 aromatic carbocycles. The molecule has 0 fully saturated rings. The highest BCUT2D eigenvalue weighted by Gasteiger charge is 2.29. The van der Waals surface area contributed by atoms with E-state index >= 15 is 0 Å². The van der Waals surface area contributed by atoms with Crippen LogP contribution in [-0.4, -0.2) is 0 Å². The van der Waals surface area contributed by atoms with Gasteiger partial charge < -0.3 is 0 Å². The first-order chi connectivity index (χ1) is 8.29. The topological polar surface area (TPSA) is 0 Å². The van der Waals surface area contributed by atoms with Gasteiger partial charge in [-0.2, -0.15) is 0 Å². The summed E-state index contributed by atoms with van der Waals surface area (Å²) in [5.74, 6) is -14.8. The van der Waals surface area contributed by atoms with Gasteiger partial charge in [0.25, 0.3) is 0 Å². The molecule has 2 aromatic rings. The number of rotatable bonds is 0. The summed E-state index contributed by atoms with van der Waals surface area (Å²) in [4.78, 5) is 0. The van der Waals surface area contributed by atoms with Crippen molar-refractivity contribution >= 4 is 26.7 Å². The van der Waals surface area contributed by atoms with E-state index in [-0.39, 0.29) is 0 Å². The number of hydrogen-bond donors (Lipinski definition) is 0. The number of halogens is 8. The van der Waals surface area contributed by atoms with E-state index in [1.807, 2.05) is 0 Å². The average molecular weight is 333 g/mol. The van der Waals surface area contributed by atoms with E-state index in [0.717, 1.165) is 0 Å². The summed E-state index contributed by atoms with van der Waals surface area (Å²) in [5.41, 5.74) is 0. The van der Waals surface area contributed by atoms with Crippen LogP contribution in [0.15, 0.2) is 4.47 Å². The minimum atomic E-state index is -2.31. The predicted octanol–water partition coefficient (Wildman–Crippen LogP) is 4.58. The van der Waals surface area contributed by atoms with Crippen LogP contribution in [0.25, 0.3) is 10.8 Å². The molecular weight excluding hydrogens is 333 g/mol. The van der Waals surface area contributed by atoms with Gasteiger partial charge in [-0.05, 0) is 15.9 Å². The van der Waals surface area contributed by atoms with E-state index in [1.165, 1.54) is 0 Å². The number of hydrogen-bond acceptors (Lipinski definition) is 0. The molecule has 0 N–H and O–H groups in total. The number of benzene rings is 2. The van der Waals surface area contributed by atoms with Gasteiger partial charge in [0, 0.05) is 5.39 Å². The van der Waals surface area contributed by atoms with Crippen molar-refractivity contribution in [2.75, 3.05) is 0 Å². The zero-order chi connectivity index (χ0) is 13.8. The van der Waals surface area contributed by atoms with Crippen molar-refractivity contribution < 1.29 is 30.7 Å². The van der Waals surface area contributed by atoms with E-state index in [2.05, 4.69) is 15.9 Å². The molecule has 0 amide bonds. The van der Waals surface area contributed by atoms with Gasteiger partial charge in [0.1, 0.15) is 0 Å². The monoisotopic (exact) mass is 332 g/mol. The first-order valence-corrected chi connectivity index (χ1v) is 5.05. The van der Waals surface area contributed by atoms with Crippen LogP contribution in [0, 0.1) is 40.7 Å². The molecule has 0 radical (unpaired) electrons. The van der Waals surface area contributed by atoms with E-state index in [0.29, 0.717) is 0 Å². The fourth-order valence-electron chi connectivity index (χ4n) is 1.46. The lowest BCUT2D eigenvalue weighted by atomic mass is 10.1. The molecule has 8 heteroatoms. The van der Waals surface area contributed by atoms with Gasteiger partial charge >= 0.3 is 0 Å². The van der Waals surface area contributed by atoms with Crippen LogP contribution in [0.1, 0.15) is 0 Å². The zero-order valence-electron chi connectivity index (χ0n) is 8.02. The fraction of sp³-hybridized carbons (Fsp3) is 0. The van der Waals surface area contributed by atoms with Gasteiger partial charge in [-0.1, -0.05) is 0 Å². The first kappa shape index (κ1) is 13.1. The molecule has 0 nitrogen and oxygen atoms in total. The van der Waals surface area contributed by atoms with Gasteiger partial charge in [0.2, 0.25) is 0 Å². The van der Waals surface area contributed by atoms with Crippen LogP contribution >= 0.6 is 15.9 Å². The van der Waals surface area contributed by atoms with Gasteiger partial charge in [0.05, 0.1) is 9.86 Å². The van der Waals surface area contributed by atoms with Crippen molar-refractivity contribution in [2.45, 2.75) is 0 Å². The summed E-state index contributed by atoms with van der Waals surface area (Å²) in [6.07, 6.45) is 0. The second-order valence-electron chi connectivity index (χ2n) is 3.26. The third-order valence-electron chi connectivity index (χ3n) is 2.28. The SMILES string of the molecule is Fc1c(F)c(F)c2c(Br)c(F)c(F)c(F)c2c1F. The molecule has 0 spiro atoms. The lowest BCUT2D eigenvalue weighted by Crippen LogP contribution is -2.04. The molecule has 0 aliphatic rings. The van der Waals surface area contributed by atoms with Crippen molar-refractivity contribution in [3.05, 3.63) is 45.2 Å². The van der Waals surface area contributed by atoms with Crippen LogP contribution in [0.3, 0.4) is 0 Å². The first-order valence-electron chi connectivity index (χ1n) is 4.26. The summed E-state index contributed by atoms with van der Waals surface area (Å²) in [7, 11) is 0. The van der Waals surface area contributed by atoms with Crippen LogP contribution in [0.4, 0.5) is 30.7 Å². The second kappa shape index (κ2) is 4.11. The second-order valence-corrected chi connectivity index (χ2v) is 4.05. The van der Waals surface area contributed by atoms with Gasteiger partial charge in [-0.15, -0.1) is 0 Å². The van der Waals surface area contributed by atoms with Crippen LogP contribution in [-0.2, 0) is 0 Å². The predicted molar refractivity (Wildman–Crippen MR) is 51.4 cm³/mol. The normalized spacial score (nSPS) is 11.3. The molecule has 0 unspecified atom stereocenters. The van der Waals surface area contributed by atoms with Gasteiger partial charge in [-0.25, -0.2) is 30.7 Å². The molecule has 0 saturated heterocycles. The van der Waals surface area contributed by atoms with E-state index in [9.17, 15) is 30.7 Å². The Bertz CT molecular complexity index is 567. The fourth-order valence-corrected chi connectivity index (χ4v) is 2.00. The Balaban J connectivity index is 3.22. The van der Waals surface area contributed by atoms with Crippen molar-refractivity contribution in [1.82, 2.24) is 0 Å². The lowest BCUT2D eigenvalue weighted by Gasteiger charge is -2.09. The molecule has 2 rings (SSSR count). The van der Waals surface area contributed by atoms with Crippen LogP contribution < -0.4 is 0 Å². The molecule has 0 aliphatic carbocycles. The Labute approximate surface area is 103 Å². The van der Waals surface area contributed by atoms with Crippen molar-refractivity contribution in [3.63, 3.8) is 0 Å². The Kier molecular flexibility index (Phi) is 3.00. The average Bonchev–Trinajstić information content (AvgIpc) is 2.35. The third kappa shape index (κ3) is 1.51. The molecule has 0 aromatic heterocycles. The maximum absolute atomic E-state index is 13.3.